The molecule has 1 N–H and O–H groups in total. The highest BCUT2D eigenvalue weighted by Gasteiger charge is 2.34. The Morgan fingerprint density at radius 2 is 1.68 bits per heavy atom. The van der Waals surface area contributed by atoms with Gasteiger partial charge in [0.25, 0.3) is 5.91 Å². The molecule has 0 unspecified atom stereocenters. The molecule has 0 aliphatic heterocycles. The summed E-state index contributed by atoms with van der Waals surface area (Å²) in [4.78, 5) is 13.6. The number of benzene rings is 2. The van der Waals surface area contributed by atoms with Gasteiger partial charge in [0.15, 0.2) is 11.6 Å². The number of amides is 1. The summed E-state index contributed by atoms with van der Waals surface area (Å²) in [5.41, 5.74) is -1.81. The predicted molar refractivity (Wildman–Crippen MR) is 85.1 cm³/mol. The lowest BCUT2D eigenvalue weighted by Gasteiger charge is -2.19. The lowest BCUT2D eigenvalue weighted by Crippen LogP contribution is -2.18. The lowest BCUT2D eigenvalue weighted by atomic mass is 10.1. The Bertz CT molecular complexity index is 821. The van der Waals surface area contributed by atoms with Crippen LogP contribution in [0.3, 0.4) is 0 Å². The molecule has 0 aromatic heterocycles. The van der Waals surface area contributed by atoms with E-state index in [1.165, 1.54) is 11.0 Å². The number of halogens is 6. The molecule has 0 aliphatic carbocycles. The van der Waals surface area contributed by atoms with E-state index in [0.29, 0.717) is 12.1 Å². The molecule has 0 fully saturated rings. The van der Waals surface area contributed by atoms with E-state index in [1.807, 2.05) is 5.32 Å². The average molecular weight is 379 g/mol. The van der Waals surface area contributed by atoms with Crippen LogP contribution in [0, 0.1) is 11.6 Å². The standard InChI is InChI=1S/C16H12ClF5N2O/c1-24(2)8-3-4-14(10(5-8)16(20,21)22)23-15(25)9-6-12(18)13(19)7-11(9)17/h3-7H,1-2H3,(H,23,25). The molecular formula is C16H12ClF5N2O. The number of alkyl halides is 3. The van der Waals surface area contributed by atoms with E-state index in [1.54, 1.807) is 14.1 Å². The second-order valence-electron chi connectivity index (χ2n) is 5.32. The van der Waals surface area contributed by atoms with Crippen LogP contribution in [0.1, 0.15) is 15.9 Å². The monoisotopic (exact) mass is 378 g/mol. The van der Waals surface area contributed by atoms with Crippen LogP contribution < -0.4 is 10.2 Å². The molecule has 2 rings (SSSR count). The normalized spacial score (nSPS) is 11.4. The van der Waals surface area contributed by atoms with Gasteiger partial charge in [-0.05, 0) is 30.3 Å². The van der Waals surface area contributed by atoms with Crippen molar-refractivity contribution in [2.24, 2.45) is 0 Å². The largest absolute Gasteiger partial charge is 0.418 e. The molecule has 0 aliphatic rings. The Labute approximate surface area is 145 Å². The van der Waals surface area contributed by atoms with Gasteiger partial charge in [0.2, 0.25) is 0 Å². The Morgan fingerprint density at radius 1 is 1.08 bits per heavy atom. The highest BCUT2D eigenvalue weighted by molar-refractivity contribution is 6.34. The fourth-order valence-corrected chi connectivity index (χ4v) is 2.28. The number of nitrogens with zero attached hydrogens (tertiary/aromatic N) is 1. The molecule has 2 aromatic rings. The van der Waals surface area contributed by atoms with Gasteiger partial charge in [-0.1, -0.05) is 11.6 Å². The summed E-state index contributed by atoms with van der Waals surface area (Å²) in [5.74, 6) is -3.70. The molecule has 0 bridgehead atoms. The number of rotatable bonds is 3. The maximum atomic E-state index is 13.3. The molecule has 0 radical (unpaired) electrons. The molecule has 1 amide bonds. The summed E-state index contributed by atoms with van der Waals surface area (Å²) in [5, 5.41) is 1.61. The van der Waals surface area contributed by atoms with Gasteiger partial charge >= 0.3 is 6.18 Å². The molecule has 9 heteroatoms. The Balaban J connectivity index is 2.43. The molecule has 0 saturated heterocycles. The minimum absolute atomic E-state index is 0.274. The van der Waals surface area contributed by atoms with Gasteiger partial charge in [0.1, 0.15) is 0 Å². The number of nitrogens with one attached hydrogen (secondary N) is 1. The summed E-state index contributed by atoms with van der Waals surface area (Å²) in [6.07, 6.45) is -4.73. The predicted octanol–water partition coefficient (Wildman–Crippen LogP) is 4.96. The number of hydrogen-bond acceptors (Lipinski definition) is 2. The number of carbonyl (C=O) groups is 1. The lowest BCUT2D eigenvalue weighted by molar-refractivity contribution is -0.136. The fraction of sp³-hybridized carbons (Fsp3) is 0.188. The molecular weight excluding hydrogens is 367 g/mol. The smallest absolute Gasteiger partial charge is 0.378 e. The highest BCUT2D eigenvalue weighted by atomic mass is 35.5. The van der Waals surface area contributed by atoms with Crippen molar-refractivity contribution in [2.45, 2.75) is 6.18 Å². The van der Waals surface area contributed by atoms with Crippen molar-refractivity contribution in [3.8, 4) is 0 Å². The second-order valence-corrected chi connectivity index (χ2v) is 5.73. The van der Waals surface area contributed by atoms with E-state index in [9.17, 15) is 26.7 Å². The van der Waals surface area contributed by atoms with Crippen molar-refractivity contribution in [3.05, 3.63) is 58.1 Å². The SMILES string of the molecule is CN(C)c1ccc(NC(=O)c2cc(F)c(F)cc2Cl)c(C(F)(F)F)c1. The third kappa shape index (κ3) is 4.19. The fourth-order valence-electron chi connectivity index (χ4n) is 2.04. The molecule has 25 heavy (non-hydrogen) atoms. The molecule has 3 nitrogen and oxygen atoms in total. The van der Waals surface area contributed by atoms with E-state index in [2.05, 4.69) is 0 Å². The number of hydrogen-bond donors (Lipinski definition) is 1. The Morgan fingerprint density at radius 3 is 2.24 bits per heavy atom. The average Bonchev–Trinajstić information content (AvgIpc) is 2.49. The molecule has 0 spiro atoms. The number of anilines is 2. The molecule has 0 atom stereocenters. The topological polar surface area (TPSA) is 32.3 Å². The first kappa shape index (κ1) is 19.0. The van der Waals surface area contributed by atoms with Crippen LogP contribution in [0.5, 0.6) is 0 Å². The van der Waals surface area contributed by atoms with Crippen molar-refractivity contribution < 1.29 is 26.7 Å². The Kier molecular flexibility index (Phi) is 5.22. The van der Waals surface area contributed by atoms with Crippen molar-refractivity contribution >= 4 is 28.9 Å². The first-order valence-electron chi connectivity index (χ1n) is 6.85. The quantitative estimate of drug-likeness (QED) is 0.605. The van der Waals surface area contributed by atoms with Crippen LogP contribution in [0.4, 0.5) is 33.3 Å². The maximum Gasteiger partial charge on any atom is 0.418 e. The van der Waals surface area contributed by atoms with Crippen molar-refractivity contribution in [2.75, 3.05) is 24.3 Å². The summed E-state index contributed by atoms with van der Waals surface area (Å²) in [7, 11) is 3.13. The van der Waals surface area contributed by atoms with Crippen LogP contribution >= 0.6 is 11.6 Å². The van der Waals surface area contributed by atoms with Gasteiger partial charge in [0.05, 0.1) is 21.8 Å². The van der Waals surface area contributed by atoms with E-state index in [-0.39, 0.29) is 5.69 Å². The van der Waals surface area contributed by atoms with Crippen LogP contribution in [0.15, 0.2) is 30.3 Å². The van der Waals surface area contributed by atoms with E-state index < -0.39 is 45.6 Å². The van der Waals surface area contributed by atoms with Crippen molar-refractivity contribution in [3.63, 3.8) is 0 Å². The zero-order chi connectivity index (χ0) is 18.9. The van der Waals surface area contributed by atoms with Crippen LogP contribution in [-0.4, -0.2) is 20.0 Å². The second kappa shape index (κ2) is 6.87. The minimum atomic E-state index is -4.73. The van der Waals surface area contributed by atoms with Gasteiger partial charge in [-0.25, -0.2) is 8.78 Å². The third-order valence-corrected chi connectivity index (χ3v) is 3.64. The highest BCUT2D eigenvalue weighted by Crippen LogP contribution is 2.37. The van der Waals surface area contributed by atoms with Gasteiger partial charge < -0.3 is 10.2 Å². The van der Waals surface area contributed by atoms with Crippen LogP contribution in [0.25, 0.3) is 0 Å². The molecule has 0 saturated carbocycles. The third-order valence-electron chi connectivity index (χ3n) is 3.33. The number of carbonyl (C=O) groups excluding carboxylic acids is 1. The first-order valence-corrected chi connectivity index (χ1v) is 7.23. The minimum Gasteiger partial charge on any atom is -0.378 e. The summed E-state index contributed by atoms with van der Waals surface area (Å²) in [6, 6.07) is 4.41. The van der Waals surface area contributed by atoms with Gasteiger partial charge in [-0.3, -0.25) is 4.79 Å². The molecule has 2 aromatic carbocycles. The van der Waals surface area contributed by atoms with Gasteiger partial charge in [-0.2, -0.15) is 13.2 Å². The first-order chi connectivity index (χ1) is 11.5. The summed E-state index contributed by atoms with van der Waals surface area (Å²) >= 11 is 5.66. The van der Waals surface area contributed by atoms with Gasteiger partial charge in [-0.15, -0.1) is 0 Å². The van der Waals surface area contributed by atoms with E-state index >= 15 is 0 Å². The summed E-state index contributed by atoms with van der Waals surface area (Å²) < 4.78 is 66.0. The van der Waals surface area contributed by atoms with E-state index in [4.69, 9.17) is 11.6 Å². The van der Waals surface area contributed by atoms with Crippen LogP contribution in [-0.2, 0) is 6.18 Å². The maximum absolute atomic E-state index is 13.3. The Hall–Kier alpha value is -2.35. The van der Waals surface area contributed by atoms with Gasteiger partial charge in [0, 0.05) is 19.8 Å². The molecule has 0 heterocycles. The zero-order valence-corrected chi connectivity index (χ0v) is 13.8. The van der Waals surface area contributed by atoms with Crippen LogP contribution in [0.2, 0.25) is 5.02 Å². The molecule has 134 valence electrons. The zero-order valence-electron chi connectivity index (χ0n) is 13.0. The van der Waals surface area contributed by atoms with Crippen molar-refractivity contribution in [1.82, 2.24) is 0 Å². The van der Waals surface area contributed by atoms with Crippen molar-refractivity contribution in [1.29, 1.82) is 0 Å². The van der Waals surface area contributed by atoms with E-state index in [0.717, 1.165) is 12.1 Å². The summed E-state index contributed by atoms with van der Waals surface area (Å²) in [6.45, 7) is 0.